The van der Waals surface area contributed by atoms with Crippen molar-refractivity contribution in [3.8, 4) is 11.5 Å². The van der Waals surface area contributed by atoms with Crippen LogP contribution in [0, 0.1) is 13.8 Å². The van der Waals surface area contributed by atoms with Gasteiger partial charge in [-0.1, -0.05) is 0 Å². The number of sulfonamides is 1. The number of methoxy groups -OCH3 is 2. The van der Waals surface area contributed by atoms with Gasteiger partial charge < -0.3 is 14.4 Å². The Morgan fingerprint density at radius 3 is 2.19 bits per heavy atom. The minimum atomic E-state index is -3.61. The lowest BCUT2D eigenvalue weighted by Gasteiger charge is -2.36. The van der Waals surface area contributed by atoms with E-state index in [2.05, 4.69) is 26.7 Å². The van der Waals surface area contributed by atoms with E-state index in [9.17, 15) is 8.42 Å². The Bertz CT molecular complexity index is 969. The summed E-state index contributed by atoms with van der Waals surface area (Å²) < 4.78 is 38.7. The Hall–Kier alpha value is -2.29. The van der Waals surface area contributed by atoms with E-state index in [1.54, 1.807) is 19.2 Å². The normalized spacial score (nSPS) is 15.2. The van der Waals surface area contributed by atoms with Crippen LogP contribution in [0.25, 0.3) is 0 Å². The van der Waals surface area contributed by atoms with Crippen LogP contribution < -0.4 is 19.1 Å². The summed E-state index contributed by atoms with van der Waals surface area (Å²) in [4.78, 5) is 4.95. The molecule has 31 heavy (non-hydrogen) atoms. The first-order chi connectivity index (χ1) is 14.8. The van der Waals surface area contributed by atoms with Crippen LogP contribution in [0.5, 0.6) is 11.5 Å². The zero-order chi connectivity index (χ0) is 22.4. The van der Waals surface area contributed by atoms with Crippen LogP contribution in [-0.2, 0) is 10.0 Å². The fourth-order valence-electron chi connectivity index (χ4n) is 3.74. The summed E-state index contributed by atoms with van der Waals surface area (Å²) in [6, 6.07) is 11.6. The van der Waals surface area contributed by atoms with Gasteiger partial charge in [0.05, 0.1) is 14.2 Å². The Morgan fingerprint density at radius 2 is 1.58 bits per heavy atom. The number of hydrogen-bond acceptors (Lipinski definition) is 6. The molecule has 1 saturated heterocycles. The van der Waals surface area contributed by atoms with Gasteiger partial charge in [0, 0.05) is 38.4 Å². The van der Waals surface area contributed by atoms with E-state index in [0.29, 0.717) is 12.3 Å². The number of nitrogens with one attached hydrogen (secondary N) is 1. The number of nitrogens with zero attached hydrogens (tertiary/aromatic N) is 2. The molecule has 0 amide bonds. The first-order valence-corrected chi connectivity index (χ1v) is 12.1. The van der Waals surface area contributed by atoms with Crippen molar-refractivity contribution in [2.24, 2.45) is 0 Å². The molecule has 1 N–H and O–H groups in total. The van der Waals surface area contributed by atoms with Crippen LogP contribution in [0.4, 0.5) is 5.69 Å². The molecule has 1 aliphatic heterocycles. The molecule has 0 unspecified atom stereocenters. The average Bonchev–Trinajstić information content (AvgIpc) is 2.78. The summed E-state index contributed by atoms with van der Waals surface area (Å²) in [7, 11) is -0.440. The predicted molar refractivity (Wildman–Crippen MR) is 124 cm³/mol. The minimum absolute atomic E-state index is 0.200. The van der Waals surface area contributed by atoms with Crippen molar-refractivity contribution in [2.75, 3.05) is 58.4 Å². The second-order valence-corrected chi connectivity index (χ2v) is 9.60. The topological polar surface area (TPSA) is 71.1 Å². The lowest BCUT2D eigenvalue weighted by atomic mass is 10.1. The molecule has 0 saturated carbocycles. The lowest BCUT2D eigenvalue weighted by molar-refractivity contribution is 0.255. The standard InChI is InChI=1S/C23H33N3O4S/c1-18-16-22(30-4)23(17-19(18)2)31(27,28)24-10-5-11-25-12-14-26(15-13-25)20-6-8-21(29-3)9-7-20/h6-9,16-17,24H,5,10-15H2,1-4H3. The molecule has 0 aromatic heterocycles. The van der Waals surface area contributed by atoms with Crippen LogP contribution in [0.2, 0.25) is 0 Å². The molecule has 7 nitrogen and oxygen atoms in total. The van der Waals surface area contributed by atoms with E-state index in [1.165, 1.54) is 12.8 Å². The van der Waals surface area contributed by atoms with E-state index in [4.69, 9.17) is 9.47 Å². The number of ether oxygens (including phenoxy) is 2. The van der Waals surface area contributed by atoms with E-state index in [1.807, 2.05) is 26.0 Å². The SMILES string of the molecule is COc1ccc(N2CCN(CCCNS(=O)(=O)c3cc(C)c(C)cc3OC)CC2)cc1. The first kappa shape index (κ1) is 23.4. The molecular formula is C23H33N3O4S. The summed E-state index contributed by atoms with van der Waals surface area (Å²) in [5, 5.41) is 0. The largest absolute Gasteiger partial charge is 0.497 e. The van der Waals surface area contributed by atoms with Gasteiger partial charge in [-0.2, -0.15) is 0 Å². The van der Waals surface area contributed by atoms with Crippen molar-refractivity contribution in [3.05, 3.63) is 47.5 Å². The Morgan fingerprint density at radius 1 is 0.935 bits per heavy atom. The van der Waals surface area contributed by atoms with Crippen molar-refractivity contribution in [1.29, 1.82) is 0 Å². The fourth-order valence-corrected chi connectivity index (χ4v) is 5.05. The van der Waals surface area contributed by atoms with Crippen LogP contribution in [-0.4, -0.2) is 66.8 Å². The zero-order valence-electron chi connectivity index (χ0n) is 18.8. The summed E-state index contributed by atoms with van der Waals surface area (Å²) in [6.45, 7) is 8.94. The van der Waals surface area contributed by atoms with Crippen LogP contribution >= 0.6 is 0 Å². The number of anilines is 1. The van der Waals surface area contributed by atoms with Crippen LogP contribution in [0.3, 0.4) is 0 Å². The van der Waals surface area contributed by atoms with Gasteiger partial charge >= 0.3 is 0 Å². The Kier molecular flexibility index (Phi) is 7.80. The maximum absolute atomic E-state index is 12.8. The van der Waals surface area contributed by atoms with Gasteiger partial charge in [0.2, 0.25) is 10.0 Å². The second kappa shape index (κ2) is 10.3. The quantitative estimate of drug-likeness (QED) is 0.596. The number of aryl methyl sites for hydroxylation is 2. The third-order valence-electron chi connectivity index (χ3n) is 5.82. The Balaban J connectivity index is 1.45. The highest BCUT2D eigenvalue weighted by molar-refractivity contribution is 7.89. The number of rotatable bonds is 9. The summed E-state index contributed by atoms with van der Waals surface area (Å²) in [5.41, 5.74) is 3.14. The molecule has 2 aromatic rings. The maximum Gasteiger partial charge on any atom is 0.244 e. The van der Waals surface area contributed by atoms with Crippen LogP contribution in [0.1, 0.15) is 17.5 Å². The van der Waals surface area contributed by atoms with E-state index in [0.717, 1.165) is 56.0 Å². The fraction of sp³-hybridized carbons (Fsp3) is 0.478. The molecule has 3 rings (SSSR count). The molecule has 1 heterocycles. The smallest absolute Gasteiger partial charge is 0.244 e. The molecular weight excluding hydrogens is 414 g/mol. The third kappa shape index (κ3) is 5.90. The van der Waals surface area contributed by atoms with Crippen molar-refractivity contribution in [1.82, 2.24) is 9.62 Å². The molecule has 0 bridgehead atoms. The minimum Gasteiger partial charge on any atom is -0.497 e. The number of hydrogen-bond donors (Lipinski definition) is 1. The summed E-state index contributed by atoms with van der Waals surface area (Å²) in [6.07, 6.45) is 0.759. The van der Waals surface area contributed by atoms with Gasteiger partial charge in [0.25, 0.3) is 0 Å². The number of piperazine rings is 1. The molecule has 0 atom stereocenters. The molecule has 0 radical (unpaired) electrons. The van der Waals surface area contributed by atoms with E-state index < -0.39 is 10.0 Å². The highest BCUT2D eigenvalue weighted by atomic mass is 32.2. The van der Waals surface area contributed by atoms with Gasteiger partial charge in [0.15, 0.2) is 0 Å². The maximum atomic E-state index is 12.8. The zero-order valence-corrected chi connectivity index (χ0v) is 19.7. The van der Waals surface area contributed by atoms with Crippen molar-refractivity contribution < 1.29 is 17.9 Å². The highest BCUT2D eigenvalue weighted by Gasteiger charge is 2.21. The van der Waals surface area contributed by atoms with Gasteiger partial charge in [-0.25, -0.2) is 13.1 Å². The first-order valence-electron chi connectivity index (χ1n) is 10.6. The lowest BCUT2D eigenvalue weighted by Crippen LogP contribution is -2.47. The third-order valence-corrected chi connectivity index (χ3v) is 7.30. The molecule has 8 heteroatoms. The van der Waals surface area contributed by atoms with Gasteiger partial charge in [-0.05, 0) is 74.3 Å². The molecule has 0 aliphatic carbocycles. The molecule has 2 aromatic carbocycles. The van der Waals surface area contributed by atoms with Crippen molar-refractivity contribution in [2.45, 2.75) is 25.2 Å². The molecule has 1 aliphatic rings. The van der Waals surface area contributed by atoms with E-state index >= 15 is 0 Å². The van der Waals surface area contributed by atoms with Gasteiger partial charge in [0.1, 0.15) is 16.4 Å². The highest BCUT2D eigenvalue weighted by Crippen LogP contribution is 2.27. The van der Waals surface area contributed by atoms with Crippen LogP contribution in [0.15, 0.2) is 41.3 Å². The van der Waals surface area contributed by atoms with Crippen molar-refractivity contribution >= 4 is 15.7 Å². The number of benzene rings is 2. The summed E-state index contributed by atoms with van der Waals surface area (Å²) >= 11 is 0. The molecule has 170 valence electrons. The Labute approximate surface area is 186 Å². The molecule has 1 fully saturated rings. The van der Waals surface area contributed by atoms with Gasteiger partial charge in [-0.3, -0.25) is 4.90 Å². The van der Waals surface area contributed by atoms with Crippen molar-refractivity contribution in [3.63, 3.8) is 0 Å². The monoisotopic (exact) mass is 447 g/mol. The predicted octanol–water partition coefficient (Wildman–Crippen LogP) is 2.81. The van der Waals surface area contributed by atoms with Gasteiger partial charge in [-0.15, -0.1) is 0 Å². The van der Waals surface area contributed by atoms with E-state index in [-0.39, 0.29) is 4.90 Å². The second-order valence-electron chi connectivity index (χ2n) is 7.87. The summed E-state index contributed by atoms with van der Waals surface area (Å²) in [5.74, 6) is 1.24. The average molecular weight is 448 g/mol. The molecule has 0 spiro atoms.